The van der Waals surface area contributed by atoms with Crippen LogP contribution < -0.4 is 5.32 Å². The molecule has 2 aromatic rings. The van der Waals surface area contributed by atoms with E-state index in [2.05, 4.69) is 24.2 Å². The minimum Gasteiger partial charge on any atom is -0.418 e. The molecule has 0 radical (unpaired) electrons. The molecule has 0 fully saturated rings. The second-order valence-electron chi connectivity index (χ2n) is 7.60. The van der Waals surface area contributed by atoms with Crippen molar-refractivity contribution in [1.82, 2.24) is 9.80 Å². The molecule has 1 N–H and O–H groups in total. The summed E-state index contributed by atoms with van der Waals surface area (Å²) in [6, 6.07) is 17.2. The molecule has 30 heavy (non-hydrogen) atoms. The average molecular weight is 404 g/mol. The number of hydrogen-bond donors (Lipinski definition) is 1. The minimum absolute atomic E-state index is 0.117. The molecule has 154 valence electrons. The summed E-state index contributed by atoms with van der Waals surface area (Å²) in [5.41, 5.74) is 2.92. The van der Waals surface area contributed by atoms with Gasteiger partial charge in [0.05, 0.1) is 6.20 Å². The molecular formula is C23H24N4O3. The molecule has 0 aromatic heterocycles. The number of fused-ring (bicyclic) bond motifs is 1. The Kier molecular flexibility index (Phi) is 5.52. The maximum Gasteiger partial charge on any atom is 0.348 e. The number of carbonyl (C=O) groups excluding carboxylic acids is 2. The number of amides is 3. The monoisotopic (exact) mass is 404 g/mol. The number of nitrogens with one attached hydrogen (secondary N) is 1. The quantitative estimate of drug-likeness (QED) is 0.820. The van der Waals surface area contributed by atoms with Gasteiger partial charge < -0.3 is 15.0 Å². The van der Waals surface area contributed by atoms with Crippen LogP contribution >= 0.6 is 0 Å². The Morgan fingerprint density at radius 2 is 1.83 bits per heavy atom. The van der Waals surface area contributed by atoms with E-state index >= 15 is 0 Å². The number of benzene rings is 2. The Labute approximate surface area is 175 Å². The van der Waals surface area contributed by atoms with Crippen molar-refractivity contribution in [2.24, 2.45) is 4.99 Å². The third-order valence-corrected chi connectivity index (χ3v) is 5.07. The van der Waals surface area contributed by atoms with Crippen LogP contribution in [0.5, 0.6) is 0 Å². The summed E-state index contributed by atoms with van der Waals surface area (Å²) in [5.74, 6) is 0.162. The molecule has 0 unspecified atom stereocenters. The van der Waals surface area contributed by atoms with Gasteiger partial charge in [-0.2, -0.15) is 0 Å². The Bertz CT molecular complexity index is 997. The molecule has 0 atom stereocenters. The van der Waals surface area contributed by atoms with Crippen molar-refractivity contribution in [2.75, 3.05) is 18.4 Å². The SMILES string of the molecule is CC(C)c1ccc(NC(=O)C2=CN3CCN(Cc4ccccc4)C(=O)N=C3O2)cc1. The van der Waals surface area contributed by atoms with Crippen LogP contribution in [0.3, 0.4) is 0 Å². The van der Waals surface area contributed by atoms with Crippen LogP contribution in [-0.2, 0) is 16.1 Å². The normalized spacial score (nSPS) is 15.9. The fourth-order valence-corrected chi connectivity index (χ4v) is 3.30. The summed E-state index contributed by atoms with van der Waals surface area (Å²) in [6.07, 6.45) is 1.59. The maximum absolute atomic E-state index is 12.6. The van der Waals surface area contributed by atoms with Crippen molar-refractivity contribution in [3.05, 3.63) is 77.7 Å². The van der Waals surface area contributed by atoms with Crippen LogP contribution in [-0.4, -0.2) is 40.8 Å². The molecule has 0 aliphatic carbocycles. The van der Waals surface area contributed by atoms with Gasteiger partial charge in [0.15, 0.2) is 0 Å². The summed E-state index contributed by atoms with van der Waals surface area (Å²) < 4.78 is 5.59. The van der Waals surface area contributed by atoms with Gasteiger partial charge in [0.25, 0.3) is 5.91 Å². The van der Waals surface area contributed by atoms with Crippen LogP contribution in [0.1, 0.15) is 30.9 Å². The highest BCUT2D eigenvalue weighted by Gasteiger charge is 2.31. The highest BCUT2D eigenvalue weighted by atomic mass is 16.5. The predicted octanol–water partition coefficient (Wildman–Crippen LogP) is 3.91. The van der Waals surface area contributed by atoms with E-state index < -0.39 is 0 Å². The molecule has 2 aliphatic rings. The summed E-state index contributed by atoms with van der Waals surface area (Å²) in [6.45, 7) is 5.69. The van der Waals surface area contributed by atoms with Gasteiger partial charge in [-0.05, 0) is 29.2 Å². The summed E-state index contributed by atoms with van der Waals surface area (Å²) >= 11 is 0. The van der Waals surface area contributed by atoms with E-state index in [1.54, 1.807) is 16.0 Å². The third kappa shape index (κ3) is 4.35. The average Bonchev–Trinajstić information content (AvgIpc) is 3.08. The van der Waals surface area contributed by atoms with Crippen molar-refractivity contribution >= 4 is 23.6 Å². The number of urea groups is 1. The number of ether oxygens (including phenoxy) is 1. The molecular weight excluding hydrogens is 380 g/mol. The molecule has 0 spiro atoms. The topological polar surface area (TPSA) is 74.2 Å². The minimum atomic E-state index is -0.379. The van der Waals surface area contributed by atoms with Crippen molar-refractivity contribution in [2.45, 2.75) is 26.3 Å². The second-order valence-corrected chi connectivity index (χ2v) is 7.60. The van der Waals surface area contributed by atoms with E-state index in [0.717, 1.165) is 5.56 Å². The summed E-state index contributed by atoms with van der Waals surface area (Å²) in [7, 11) is 0. The predicted molar refractivity (Wildman–Crippen MR) is 115 cm³/mol. The number of rotatable bonds is 5. The first-order chi connectivity index (χ1) is 14.5. The van der Waals surface area contributed by atoms with Crippen LogP contribution in [0, 0.1) is 0 Å². The lowest BCUT2D eigenvalue weighted by Gasteiger charge is -2.19. The lowest BCUT2D eigenvalue weighted by molar-refractivity contribution is -0.114. The van der Waals surface area contributed by atoms with Crippen LogP contribution in [0.2, 0.25) is 0 Å². The number of hydrogen-bond acceptors (Lipinski definition) is 4. The molecule has 2 heterocycles. The van der Waals surface area contributed by atoms with Crippen molar-refractivity contribution < 1.29 is 14.3 Å². The van der Waals surface area contributed by atoms with Crippen molar-refractivity contribution in [1.29, 1.82) is 0 Å². The van der Waals surface area contributed by atoms with Crippen LogP contribution in [0.15, 0.2) is 71.5 Å². The molecule has 2 aliphatic heterocycles. The summed E-state index contributed by atoms with van der Waals surface area (Å²) in [5, 5.41) is 2.82. The van der Waals surface area contributed by atoms with E-state index in [1.165, 1.54) is 5.56 Å². The molecule has 0 saturated heterocycles. The molecule has 7 heteroatoms. The number of carbonyl (C=O) groups is 2. The van der Waals surface area contributed by atoms with Gasteiger partial charge in [0.2, 0.25) is 5.76 Å². The Balaban J connectivity index is 1.39. The Morgan fingerprint density at radius 3 is 2.53 bits per heavy atom. The number of amidine groups is 1. The molecule has 0 saturated carbocycles. The third-order valence-electron chi connectivity index (χ3n) is 5.07. The first-order valence-electron chi connectivity index (χ1n) is 9.99. The van der Waals surface area contributed by atoms with E-state index in [0.29, 0.717) is 31.2 Å². The van der Waals surface area contributed by atoms with Gasteiger partial charge in [0.1, 0.15) is 0 Å². The molecule has 4 rings (SSSR count). The maximum atomic E-state index is 12.6. The van der Waals surface area contributed by atoms with E-state index in [1.807, 2.05) is 54.6 Å². The number of anilines is 1. The van der Waals surface area contributed by atoms with Crippen LogP contribution in [0.4, 0.5) is 10.5 Å². The van der Waals surface area contributed by atoms with Gasteiger partial charge >= 0.3 is 12.1 Å². The highest BCUT2D eigenvalue weighted by Crippen LogP contribution is 2.21. The Morgan fingerprint density at radius 1 is 1.10 bits per heavy atom. The lowest BCUT2D eigenvalue weighted by Crippen LogP contribution is -2.31. The second kappa shape index (κ2) is 8.41. The Hall–Kier alpha value is -3.61. The van der Waals surface area contributed by atoms with E-state index in [4.69, 9.17) is 4.74 Å². The molecule has 3 amide bonds. The van der Waals surface area contributed by atoms with Crippen molar-refractivity contribution in [3.63, 3.8) is 0 Å². The first-order valence-corrected chi connectivity index (χ1v) is 9.99. The fraction of sp³-hybridized carbons (Fsp3) is 0.261. The van der Waals surface area contributed by atoms with Gasteiger partial charge in [0, 0.05) is 25.3 Å². The largest absolute Gasteiger partial charge is 0.418 e. The molecule has 7 nitrogen and oxygen atoms in total. The van der Waals surface area contributed by atoms with E-state index in [9.17, 15) is 9.59 Å². The zero-order valence-corrected chi connectivity index (χ0v) is 17.0. The summed E-state index contributed by atoms with van der Waals surface area (Å²) in [4.78, 5) is 32.5. The first kappa shape index (κ1) is 19.7. The molecule has 0 bridgehead atoms. The standard InChI is InChI=1S/C23H24N4O3/c1-16(2)18-8-10-19(11-9-18)24-21(28)20-15-27-13-12-26(22(29)25-23(27)30-20)14-17-6-4-3-5-7-17/h3-11,15-16H,12-14H2,1-2H3,(H,24,28). The zero-order chi connectivity index (χ0) is 21.1. The van der Waals surface area contributed by atoms with Gasteiger partial charge in [-0.1, -0.05) is 56.3 Å². The van der Waals surface area contributed by atoms with Gasteiger partial charge in [-0.3, -0.25) is 9.69 Å². The zero-order valence-electron chi connectivity index (χ0n) is 17.0. The highest BCUT2D eigenvalue weighted by molar-refractivity contribution is 6.06. The smallest absolute Gasteiger partial charge is 0.348 e. The van der Waals surface area contributed by atoms with E-state index in [-0.39, 0.29) is 23.7 Å². The fourth-order valence-electron chi connectivity index (χ4n) is 3.30. The van der Waals surface area contributed by atoms with Gasteiger partial charge in [-0.25, -0.2) is 4.79 Å². The van der Waals surface area contributed by atoms with Crippen LogP contribution in [0.25, 0.3) is 0 Å². The molecule has 2 aromatic carbocycles. The number of nitrogens with zero attached hydrogens (tertiary/aromatic N) is 3. The van der Waals surface area contributed by atoms with Crippen molar-refractivity contribution in [3.8, 4) is 0 Å². The number of aliphatic imine (C=N–C) groups is 1. The van der Waals surface area contributed by atoms with Gasteiger partial charge in [-0.15, -0.1) is 4.99 Å². The lowest BCUT2D eigenvalue weighted by atomic mass is 10.0.